The van der Waals surface area contributed by atoms with E-state index in [1.54, 1.807) is 0 Å². The second kappa shape index (κ2) is 18.0. The quantitative estimate of drug-likeness (QED) is 0.218. The molecular formula is C45H36Cl2Zr-2. The van der Waals surface area contributed by atoms with E-state index in [1.165, 1.54) is 94.2 Å². The van der Waals surface area contributed by atoms with Crippen molar-refractivity contribution in [1.29, 1.82) is 0 Å². The van der Waals surface area contributed by atoms with Crippen LogP contribution in [-0.4, -0.2) is 3.21 Å². The van der Waals surface area contributed by atoms with Crippen LogP contribution >= 0.6 is 0 Å². The van der Waals surface area contributed by atoms with Crippen LogP contribution < -0.4 is 24.8 Å². The Bertz CT molecular complexity index is 1860. The smallest absolute Gasteiger partial charge is 0.0184 e. The van der Waals surface area contributed by atoms with Crippen molar-refractivity contribution < 1.29 is 49.0 Å². The second-order valence-corrected chi connectivity index (χ2v) is 12.9. The molecule has 236 valence electrons. The van der Waals surface area contributed by atoms with E-state index in [2.05, 4.69) is 159 Å². The third-order valence-electron chi connectivity index (χ3n) is 8.24. The molecule has 1 aliphatic rings. The van der Waals surface area contributed by atoms with Gasteiger partial charge in [0.2, 0.25) is 0 Å². The molecular weight excluding hydrogens is 703 g/mol. The Morgan fingerprint density at radius 1 is 0.542 bits per heavy atom. The summed E-state index contributed by atoms with van der Waals surface area (Å²) in [5, 5.41) is 0. The molecule has 0 saturated carbocycles. The zero-order valence-electron chi connectivity index (χ0n) is 27.1. The second-order valence-electron chi connectivity index (χ2n) is 11.6. The third-order valence-corrected chi connectivity index (χ3v) is 9.66. The van der Waals surface area contributed by atoms with E-state index in [-0.39, 0.29) is 24.8 Å². The minimum Gasteiger partial charge on any atom is -1.00 e. The average molecular weight is 739 g/mol. The van der Waals surface area contributed by atoms with Gasteiger partial charge in [-0.25, -0.2) is 12.1 Å². The van der Waals surface area contributed by atoms with Crippen LogP contribution in [0.4, 0.5) is 0 Å². The molecule has 0 fully saturated rings. The summed E-state index contributed by atoms with van der Waals surface area (Å²) >= 11 is 1.46. The summed E-state index contributed by atoms with van der Waals surface area (Å²) in [5.41, 5.74) is 15.7. The zero-order valence-corrected chi connectivity index (χ0v) is 31.1. The topological polar surface area (TPSA) is 0 Å². The molecule has 7 aromatic carbocycles. The molecule has 0 unspecified atom stereocenters. The number of fused-ring (bicyclic) bond motifs is 3. The first-order valence-corrected chi connectivity index (χ1v) is 17.0. The minimum atomic E-state index is 0. The van der Waals surface area contributed by atoms with Gasteiger partial charge in [0, 0.05) is 0 Å². The van der Waals surface area contributed by atoms with Crippen molar-refractivity contribution in [2.24, 2.45) is 0 Å². The van der Waals surface area contributed by atoms with Crippen LogP contribution in [0.3, 0.4) is 0 Å². The molecule has 3 heteroatoms. The summed E-state index contributed by atoms with van der Waals surface area (Å²) in [6.45, 7) is 4.25. The van der Waals surface area contributed by atoms with Gasteiger partial charge in [-0.3, -0.25) is 0 Å². The first-order chi connectivity index (χ1) is 22.5. The Kier molecular flexibility index (Phi) is 13.8. The van der Waals surface area contributed by atoms with Crippen molar-refractivity contribution in [3.05, 3.63) is 209 Å². The maximum Gasteiger partial charge on any atom is -0.0184 e. The van der Waals surface area contributed by atoms with E-state index in [0.29, 0.717) is 0 Å². The molecule has 0 aliphatic heterocycles. The van der Waals surface area contributed by atoms with Crippen molar-refractivity contribution in [3.63, 3.8) is 0 Å². The monoisotopic (exact) mass is 736 g/mol. The molecule has 0 N–H and O–H groups in total. The van der Waals surface area contributed by atoms with Gasteiger partial charge in [0.25, 0.3) is 0 Å². The largest absolute Gasteiger partial charge is 1.00 e. The molecule has 0 radical (unpaired) electrons. The van der Waals surface area contributed by atoms with Gasteiger partial charge in [-0.1, -0.05) is 95.6 Å². The van der Waals surface area contributed by atoms with Gasteiger partial charge < -0.3 is 24.8 Å². The zero-order chi connectivity index (χ0) is 31.7. The first-order valence-electron chi connectivity index (χ1n) is 15.7. The summed E-state index contributed by atoms with van der Waals surface area (Å²) in [6, 6.07) is 63.5. The van der Waals surface area contributed by atoms with E-state index in [1.807, 2.05) is 30.3 Å². The Morgan fingerprint density at radius 2 is 1.04 bits per heavy atom. The third kappa shape index (κ3) is 9.33. The molecule has 7 aromatic rings. The van der Waals surface area contributed by atoms with Gasteiger partial charge in [-0.2, -0.15) is 42.0 Å². The molecule has 0 bridgehead atoms. The Hall–Kier alpha value is -4.00. The van der Waals surface area contributed by atoms with E-state index < -0.39 is 0 Å². The van der Waals surface area contributed by atoms with Gasteiger partial charge in [-0.05, 0) is 17.5 Å². The predicted molar refractivity (Wildman–Crippen MR) is 192 cm³/mol. The van der Waals surface area contributed by atoms with Crippen molar-refractivity contribution in [1.82, 2.24) is 0 Å². The van der Waals surface area contributed by atoms with Crippen LogP contribution in [0.2, 0.25) is 0 Å². The molecule has 8 rings (SSSR count). The fourth-order valence-electron chi connectivity index (χ4n) is 5.62. The van der Waals surface area contributed by atoms with E-state index in [0.717, 1.165) is 6.42 Å². The maximum absolute atomic E-state index is 3.52. The fourth-order valence-corrected chi connectivity index (χ4v) is 6.44. The normalized spacial score (nSPS) is 10.4. The van der Waals surface area contributed by atoms with Crippen LogP contribution in [0.25, 0.3) is 33.4 Å². The van der Waals surface area contributed by atoms with Crippen LogP contribution in [0.5, 0.6) is 0 Å². The SMILES string of the molecule is Cc1ccc([C](=[Zr+2])c2ccc(C)cc2)cc1.[Cl-].[Cl-].[c-]1cc(-c2ccccc2)cc2c1Cc1ccc(-c3ccccc3)cc1-2.c1cc[cH-]c1. The van der Waals surface area contributed by atoms with Crippen molar-refractivity contribution in [2.45, 2.75) is 20.3 Å². The molecule has 0 spiro atoms. The van der Waals surface area contributed by atoms with Crippen LogP contribution in [0, 0.1) is 19.9 Å². The Morgan fingerprint density at radius 3 is 1.54 bits per heavy atom. The molecule has 0 nitrogen and oxygen atoms in total. The molecule has 1 aliphatic carbocycles. The number of aryl methyl sites for hydroxylation is 2. The Balaban J connectivity index is 0.000000195. The van der Waals surface area contributed by atoms with Gasteiger partial charge >= 0.3 is 112 Å². The molecule has 48 heavy (non-hydrogen) atoms. The van der Waals surface area contributed by atoms with Crippen LogP contribution in [-0.2, 0) is 30.7 Å². The van der Waals surface area contributed by atoms with Crippen molar-refractivity contribution in [3.8, 4) is 33.4 Å². The summed E-state index contributed by atoms with van der Waals surface area (Å²) in [4.78, 5) is 0. The summed E-state index contributed by atoms with van der Waals surface area (Å²) in [5.74, 6) is 0. The number of halogens is 2. The standard InChI is InChI=1S/C25H17.C15H14.C5H5.2ClH.Zr/c1-3-7-18(8-4-1)20-11-13-22-15-23-14-12-21(17-25(23)24(22)16-20)19-9-5-2-6-10-19;1-12-3-7-14(8-4-12)11-15-9-5-13(2)6-10-15;1-2-4-5-3-1;;;/h1-13,16-17H,15H2;3-10H,1-2H3;1-5H;2*1H;/q-1;;-1;;;+2/p-2. The first kappa shape index (κ1) is 36.8. The van der Waals surface area contributed by atoms with Gasteiger partial charge in [0.15, 0.2) is 0 Å². The summed E-state index contributed by atoms with van der Waals surface area (Å²) < 4.78 is 1.42. The van der Waals surface area contributed by atoms with Gasteiger partial charge in [-0.15, -0.1) is 11.1 Å². The van der Waals surface area contributed by atoms with E-state index in [4.69, 9.17) is 0 Å². The van der Waals surface area contributed by atoms with Crippen LogP contribution in [0.15, 0.2) is 170 Å². The molecule has 0 atom stereocenters. The molecule has 0 amide bonds. The summed E-state index contributed by atoms with van der Waals surface area (Å²) in [7, 11) is 0. The van der Waals surface area contributed by atoms with E-state index in [9.17, 15) is 0 Å². The van der Waals surface area contributed by atoms with Crippen molar-refractivity contribution in [2.75, 3.05) is 0 Å². The predicted octanol–water partition coefficient (Wildman–Crippen LogP) is 5.22. The van der Waals surface area contributed by atoms with Gasteiger partial charge in [0.1, 0.15) is 0 Å². The number of rotatable bonds is 4. The number of hydrogen-bond acceptors (Lipinski definition) is 0. The Labute approximate surface area is 313 Å². The maximum atomic E-state index is 3.52. The molecule has 0 heterocycles. The van der Waals surface area contributed by atoms with Gasteiger partial charge in [0.05, 0.1) is 0 Å². The number of benzene rings is 6. The van der Waals surface area contributed by atoms with E-state index >= 15 is 0 Å². The summed E-state index contributed by atoms with van der Waals surface area (Å²) in [6.07, 6.45) is 0.981. The minimum absolute atomic E-state index is 0. The molecule has 0 saturated heterocycles. The van der Waals surface area contributed by atoms with Crippen molar-refractivity contribution >= 4 is 3.21 Å². The number of hydrogen-bond donors (Lipinski definition) is 0. The fraction of sp³-hybridized carbons (Fsp3) is 0.0667. The van der Waals surface area contributed by atoms with Crippen LogP contribution in [0.1, 0.15) is 33.4 Å². The average Bonchev–Trinajstić information content (AvgIpc) is 3.82. The molecule has 0 aromatic heterocycles.